The van der Waals surface area contributed by atoms with E-state index in [9.17, 15) is 13.2 Å². The minimum atomic E-state index is -3.73. The van der Waals surface area contributed by atoms with Gasteiger partial charge in [-0.3, -0.25) is 4.79 Å². The average Bonchev–Trinajstić information content (AvgIpc) is 2.87. The van der Waals surface area contributed by atoms with Crippen molar-refractivity contribution < 1.29 is 17.9 Å². The van der Waals surface area contributed by atoms with Crippen LogP contribution < -0.4 is 0 Å². The van der Waals surface area contributed by atoms with Gasteiger partial charge in [-0.2, -0.15) is 4.31 Å². The van der Waals surface area contributed by atoms with E-state index in [4.69, 9.17) is 4.74 Å². The minimum Gasteiger partial charge on any atom is -0.373 e. The second-order valence-electron chi connectivity index (χ2n) is 9.45. The maximum Gasteiger partial charge on any atom is 0.254 e. The van der Waals surface area contributed by atoms with Crippen LogP contribution in [0.15, 0.2) is 83.8 Å². The molecule has 7 heteroatoms. The van der Waals surface area contributed by atoms with E-state index in [2.05, 4.69) is 24.3 Å². The number of ether oxygens (including phenoxy) is 1. The first-order valence-electron chi connectivity index (χ1n) is 12.0. The Morgan fingerprint density at radius 1 is 0.857 bits per heavy atom. The molecule has 6 nitrogen and oxygen atoms in total. The standard InChI is InChI=1S/C28H30N2O4S/c1-20-16-30(17-21(2)34-20)35(32,33)25-13-8-12-23(15-25)28(31)29-18-24-11-6-7-14-26(24)27(19-29)22-9-4-3-5-10-22/h3-15,20-21,27H,16-19H2,1-2H3/t20-,21+,27-/m0/s1. The van der Waals surface area contributed by atoms with Gasteiger partial charge in [-0.1, -0.05) is 60.7 Å². The SMILES string of the molecule is C[C@@H]1CN(S(=O)(=O)c2cccc(C(=O)N3Cc4ccccc4[C@H](c4ccccc4)C3)c2)C[C@H](C)O1. The van der Waals surface area contributed by atoms with E-state index in [0.717, 1.165) is 11.1 Å². The fourth-order valence-corrected chi connectivity index (χ4v) is 6.82. The molecule has 0 aliphatic carbocycles. The van der Waals surface area contributed by atoms with E-state index in [0.29, 0.717) is 31.7 Å². The van der Waals surface area contributed by atoms with Gasteiger partial charge in [0.05, 0.1) is 17.1 Å². The fourth-order valence-electron chi connectivity index (χ4n) is 5.18. The van der Waals surface area contributed by atoms with Crippen LogP contribution in [0.3, 0.4) is 0 Å². The number of amides is 1. The third-order valence-electron chi connectivity index (χ3n) is 6.79. The number of sulfonamides is 1. The first kappa shape index (κ1) is 23.7. The number of fused-ring (bicyclic) bond motifs is 1. The van der Waals surface area contributed by atoms with Crippen LogP contribution in [-0.4, -0.2) is 55.4 Å². The topological polar surface area (TPSA) is 66.9 Å². The molecule has 0 spiro atoms. The second-order valence-corrected chi connectivity index (χ2v) is 11.4. The Bertz CT molecular complexity index is 1320. The predicted octanol–water partition coefficient (Wildman–Crippen LogP) is 4.27. The zero-order valence-electron chi connectivity index (χ0n) is 20.0. The Morgan fingerprint density at radius 2 is 1.54 bits per heavy atom. The lowest BCUT2D eigenvalue weighted by Crippen LogP contribution is -2.48. The van der Waals surface area contributed by atoms with Gasteiger partial charge in [-0.25, -0.2) is 8.42 Å². The van der Waals surface area contributed by atoms with Crippen molar-refractivity contribution in [3.05, 3.63) is 101 Å². The number of hydrogen-bond donors (Lipinski definition) is 0. The van der Waals surface area contributed by atoms with Crippen LogP contribution in [0.2, 0.25) is 0 Å². The van der Waals surface area contributed by atoms with Gasteiger partial charge in [-0.05, 0) is 48.7 Å². The van der Waals surface area contributed by atoms with Gasteiger partial charge in [0, 0.05) is 37.7 Å². The van der Waals surface area contributed by atoms with E-state index in [1.165, 1.54) is 15.9 Å². The number of nitrogens with zero attached hydrogens (tertiary/aromatic N) is 2. The summed E-state index contributed by atoms with van der Waals surface area (Å²) in [7, 11) is -3.73. The normalized spacial score (nSPS) is 23.0. The lowest BCUT2D eigenvalue weighted by molar-refractivity contribution is -0.0440. The molecule has 1 fully saturated rings. The van der Waals surface area contributed by atoms with E-state index >= 15 is 0 Å². The third-order valence-corrected chi connectivity index (χ3v) is 8.62. The summed E-state index contributed by atoms with van der Waals surface area (Å²) in [5, 5.41) is 0. The summed E-state index contributed by atoms with van der Waals surface area (Å²) < 4.78 is 33.9. The molecule has 0 aromatic heterocycles. The molecule has 2 heterocycles. The quantitative estimate of drug-likeness (QED) is 0.548. The molecule has 0 N–H and O–H groups in total. The molecule has 1 saturated heterocycles. The molecular formula is C28H30N2O4S. The number of hydrogen-bond acceptors (Lipinski definition) is 4. The molecule has 3 aromatic carbocycles. The number of rotatable bonds is 4. The van der Waals surface area contributed by atoms with Crippen LogP contribution in [-0.2, 0) is 21.3 Å². The van der Waals surface area contributed by atoms with Gasteiger partial charge in [0.25, 0.3) is 5.91 Å². The summed E-state index contributed by atoms with van der Waals surface area (Å²) in [6.45, 7) is 5.37. The number of benzene rings is 3. The second kappa shape index (κ2) is 9.57. The monoisotopic (exact) mass is 490 g/mol. The van der Waals surface area contributed by atoms with Gasteiger partial charge < -0.3 is 9.64 Å². The third kappa shape index (κ3) is 4.76. The average molecular weight is 491 g/mol. The Hall–Kier alpha value is -3.00. The summed E-state index contributed by atoms with van der Waals surface area (Å²) in [6.07, 6.45) is -0.358. The molecule has 0 radical (unpaired) electrons. The molecule has 3 aromatic rings. The van der Waals surface area contributed by atoms with Crippen molar-refractivity contribution in [3.8, 4) is 0 Å². The molecule has 5 rings (SSSR count). The first-order valence-corrected chi connectivity index (χ1v) is 13.4. The van der Waals surface area contributed by atoms with Crippen LogP contribution >= 0.6 is 0 Å². The van der Waals surface area contributed by atoms with Crippen molar-refractivity contribution in [2.24, 2.45) is 0 Å². The zero-order chi connectivity index (χ0) is 24.6. The van der Waals surface area contributed by atoms with Crippen LogP contribution in [0.1, 0.15) is 46.8 Å². The zero-order valence-corrected chi connectivity index (χ0v) is 20.8. The molecule has 2 aliphatic rings. The molecule has 0 saturated carbocycles. The van der Waals surface area contributed by atoms with Gasteiger partial charge in [-0.15, -0.1) is 0 Å². The largest absolute Gasteiger partial charge is 0.373 e. The van der Waals surface area contributed by atoms with Gasteiger partial charge >= 0.3 is 0 Å². The van der Waals surface area contributed by atoms with Gasteiger partial charge in [0.15, 0.2) is 0 Å². The highest BCUT2D eigenvalue weighted by molar-refractivity contribution is 7.89. The Kier molecular flexibility index (Phi) is 6.49. The molecule has 2 aliphatic heterocycles. The summed E-state index contributed by atoms with van der Waals surface area (Å²) >= 11 is 0. The van der Waals surface area contributed by atoms with Crippen molar-refractivity contribution in [3.63, 3.8) is 0 Å². The van der Waals surface area contributed by atoms with Crippen LogP contribution in [0.5, 0.6) is 0 Å². The highest BCUT2D eigenvalue weighted by atomic mass is 32.2. The fraction of sp³-hybridized carbons (Fsp3) is 0.321. The Morgan fingerprint density at radius 3 is 2.29 bits per heavy atom. The molecule has 1 amide bonds. The number of carbonyl (C=O) groups excluding carboxylic acids is 1. The predicted molar refractivity (Wildman–Crippen MR) is 135 cm³/mol. The van der Waals surface area contributed by atoms with E-state index < -0.39 is 10.0 Å². The summed E-state index contributed by atoms with van der Waals surface area (Å²) in [5.74, 6) is -0.102. The molecule has 0 bridgehead atoms. The summed E-state index contributed by atoms with van der Waals surface area (Å²) in [6, 6.07) is 24.8. The maximum atomic E-state index is 13.6. The van der Waals surface area contributed by atoms with E-state index in [1.54, 1.807) is 18.2 Å². The summed E-state index contributed by atoms with van der Waals surface area (Å²) in [5.41, 5.74) is 3.88. The van der Waals surface area contributed by atoms with Crippen LogP contribution in [0, 0.1) is 0 Å². The molecule has 35 heavy (non-hydrogen) atoms. The van der Waals surface area contributed by atoms with E-state index in [-0.39, 0.29) is 28.9 Å². The Labute approximate surface area is 207 Å². The molecular weight excluding hydrogens is 460 g/mol. The van der Waals surface area contributed by atoms with Crippen molar-refractivity contribution in [1.82, 2.24) is 9.21 Å². The first-order chi connectivity index (χ1) is 16.8. The minimum absolute atomic E-state index is 0.0633. The Balaban J connectivity index is 1.44. The highest BCUT2D eigenvalue weighted by Gasteiger charge is 2.34. The van der Waals surface area contributed by atoms with Crippen molar-refractivity contribution in [1.29, 1.82) is 0 Å². The summed E-state index contributed by atoms with van der Waals surface area (Å²) in [4.78, 5) is 15.6. The molecule has 0 unspecified atom stereocenters. The number of carbonyl (C=O) groups is 1. The number of morpholine rings is 1. The highest BCUT2D eigenvalue weighted by Crippen LogP contribution is 2.34. The lowest BCUT2D eigenvalue weighted by atomic mass is 9.84. The van der Waals surface area contributed by atoms with Crippen molar-refractivity contribution in [2.75, 3.05) is 19.6 Å². The van der Waals surface area contributed by atoms with Crippen LogP contribution in [0.25, 0.3) is 0 Å². The lowest BCUT2D eigenvalue weighted by Gasteiger charge is -2.35. The maximum absolute atomic E-state index is 13.6. The van der Waals surface area contributed by atoms with E-state index in [1.807, 2.05) is 49.1 Å². The molecule has 182 valence electrons. The smallest absolute Gasteiger partial charge is 0.254 e. The van der Waals surface area contributed by atoms with Gasteiger partial charge in [0.1, 0.15) is 0 Å². The van der Waals surface area contributed by atoms with Crippen LogP contribution in [0.4, 0.5) is 0 Å². The molecule has 3 atom stereocenters. The van der Waals surface area contributed by atoms with Crippen molar-refractivity contribution in [2.45, 2.75) is 43.4 Å². The van der Waals surface area contributed by atoms with Gasteiger partial charge in [0.2, 0.25) is 10.0 Å². The van der Waals surface area contributed by atoms with Crippen molar-refractivity contribution >= 4 is 15.9 Å².